The minimum absolute atomic E-state index is 0.0764. The molecule has 0 saturated carbocycles. The third-order valence-corrected chi connectivity index (χ3v) is 5.19. The van der Waals surface area contributed by atoms with Gasteiger partial charge in [0.25, 0.3) is 0 Å². The zero-order chi connectivity index (χ0) is 19.6. The molecule has 2 amide bonds. The fraction of sp³-hybridized carbons (Fsp3) is 0.222. The third-order valence-electron chi connectivity index (χ3n) is 3.95. The highest BCUT2D eigenvalue weighted by Gasteiger charge is 2.21. The molecule has 0 saturated heterocycles. The second-order valence-electron chi connectivity index (χ2n) is 5.95. The number of anilines is 2. The van der Waals surface area contributed by atoms with Crippen molar-refractivity contribution in [2.75, 3.05) is 17.7 Å². The Morgan fingerprint density at radius 1 is 1.15 bits per heavy atom. The lowest BCUT2D eigenvalue weighted by Crippen LogP contribution is -2.19. The molecule has 2 aromatic rings. The molecule has 1 aliphatic heterocycles. The highest BCUT2D eigenvalue weighted by atomic mass is 32.2. The van der Waals surface area contributed by atoms with Gasteiger partial charge < -0.3 is 19.6 Å². The van der Waals surface area contributed by atoms with E-state index in [9.17, 15) is 18.0 Å². The summed E-state index contributed by atoms with van der Waals surface area (Å²) in [6, 6.07) is 8.70. The van der Waals surface area contributed by atoms with E-state index in [0.717, 1.165) is 5.56 Å². The average molecular weight is 390 g/mol. The Morgan fingerprint density at radius 2 is 1.93 bits per heavy atom. The summed E-state index contributed by atoms with van der Waals surface area (Å²) in [6.07, 6.45) is 0.843. The van der Waals surface area contributed by atoms with Gasteiger partial charge in [-0.25, -0.2) is 0 Å². The third kappa shape index (κ3) is 4.20. The maximum Gasteiger partial charge on any atom is 0.339 e. The molecule has 0 aromatic heterocycles. The number of hydrogen-bond acceptors (Lipinski definition) is 6. The van der Waals surface area contributed by atoms with Gasteiger partial charge in [-0.05, 0) is 48.4 Å². The average Bonchev–Trinajstić information content (AvgIpc) is 2.61. The molecule has 142 valence electrons. The summed E-state index contributed by atoms with van der Waals surface area (Å²) in [4.78, 5) is 22.6. The molecule has 2 N–H and O–H groups in total. The lowest BCUT2D eigenvalue weighted by atomic mass is 10.0. The van der Waals surface area contributed by atoms with Crippen LogP contribution in [0.4, 0.5) is 11.4 Å². The quantitative estimate of drug-likeness (QED) is 0.758. The van der Waals surface area contributed by atoms with Crippen LogP contribution in [-0.4, -0.2) is 27.3 Å². The van der Waals surface area contributed by atoms with Crippen molar-refractivity contribution in [3.8, 4) is 11.5 Å². The molecular weight excluding hydrogens is 372 g/mol. The van der Waals surface area contributed by atoms with Crippen LogP contribution in [0.2, 0.25) is 0 Å². The molecule has 0 unspecified atom stereocenters. The van der Waals surface area contributed by atoms with Crippen LogP contribution in [0.25, 0.3) is 0 Å². The zero-order valence-electron chi connectivity index (χ0n) is 14.7. The number of benzene rings is 2. The fourth-order valence-corrected chi connectivity index (χ4v) is 3.67. The second-order valence-corrected chi connectivity index (χ2v) is 7.49. The number of rotatable bonds is 5. The van der Waals surface area contributed by atoms with Gasteiger partial charge in [-0.15, -0.1) is 0 Å². The standard InChI is InChI=1S/C18H18N2O6S/c1-11(21)19-16-10-14(5-7-17(16)25-2)27(23,24)26-13-4-6-15-12(9-13)3-8-18(22)20-15/h4-7,9-10H,3,8H2,1-2H3,(H,19,21)(H,20,22). The zero-order valence-corrected chi connectivity index (χ0v) is 15.6. The summed E-state index contributed by atoms with van der Waals surface area (Å²) in [7, 11) is -2.71. The molecule has 8 nitrogen and oxygen atoms in total. The number of aryl methyl sites for hydroxylation is 1. The molecule has 9 heteroatoms. The topological polar surface area (TPSA) is 111 Å². The summed E-state index contributed by atoms with van der Waals surface area (Å²) >= 11 is 0. The van der Waals surface area contributed by atoms with Gasteiger partial charge in [-0.3, -0.25) is 9.59 Å². The van der Waals surface area contributed by atoms with Crippen LogP contribution in [-0.2, 0) is 26.1 Å². The first kappa shape index (κ1) is 18.7. The van der Waals surface area contributed by atoms with Crippen molar-refractivity contribution < 1.29 is 26.9 Å². The number of amides is 2. The van der Waals surface area contributed by atoms with E-state index >= 15 is 0 Å². The molecule has 0 radical (unpaired) electrons. The van der Waals surface area contributed by atoms with E-state index in [-0.39, 0.29) is 28.1 Å². The Kier molecular flexibility index (Phi) is 5.04. The Hall–Kier alpha value is -3.07. The number of carbonyl (C=O) groups is 2. The number of nitrogens with one attached hydrogen (secondary N) is 2. The highest BCUT2D eigenvalue weighted by Crippen LogP contribution is 2.31. The van der Waals surface area contributed by atoms with Crippen LogP contribution in [0.5, 0.6) is 11.5 Å². The first-order valence-electron chi connectivity index (χ1n) is 8.11. The minimum Gasteiger partial charge on any atom is -0.495 e. The van der Waals surface area contributed by atoms with Crippen LogP contribution in [0.3, 0.4) is 0 Å². The van der Waals surface area contributed by atoms with E-state index in [1.54, 1.807) is 12.1 Å². The lowest BCUT2D eigenvalue weighted by Gasteiger charge is -2.17. The van der Waals surface area contributed by atoms with Gasteiger partial charge in [0.1, 0.15) is 16.4 Å². The van der Waals surface area contributed by atoms with Gasteiger partial charge in [0.15, 0.2) is 0 Å². The van der Waals surface area contributed by atoms with Crippen LogP contribution >= 0.6 is 0 Å². The maximum atomic E-state index is 12.6. The summed E-state index contributed by atoms with van der Waals surface area (Å²) in [5.41, 5.74) is 1.67. The lowest BCUT2D eigenvalue weighted by molar-refractivity contribution is -0.116. The largest absolute Gasteiger partial charge is 0.495 e. The summed E-state index contributed by atoms with van der Waals surface area (Å²) in [5, 5.41) is 5.24. The predicted molar refractivity (Wildman–Crippen MR) is 98.5 cm³/mol. The van der Waals surface area contributed by atoms with Gasteiger partial charge in [-0.2, -0.15) is 8.42 Å². The molecular formula is C18H18N2O6S. The summed E-state index contributed by atoms with van der Waals surface area (Å²) in [6.45, 7) is 1.31. The first-order chi connectivity index (χ1) is 12.8. The maximum absolute atomic E-state index is 12.6. The molecule has 1 aliphatic rings. The molecule has 3 rings (SSSR count). The monoisotopic (exact) mass is 390 g/mol. The highest BCUT2D eigenvalue weighted by molar-refractivity contribution is 7.87. The minimum atomic E-state index is -4.13. The van der Waals surface area contributed by atoms with Gasteiger partial charge in [-0.1, -0.05) is 0 Å². The fourth-order valence-electron chi connectivity index (χ4n) is 2.72. The van der Waals surface area contributed by atoms with Gasteiger partial charge >= 0.3 is 10.1 Å². The molecule has 27 heavy (non-hydrogen) atoms. The van der Waals surface area contributed by atoms with Crippen molar-refractivity contribution in [2.45, 2.75) is 24.7 Å². The van der Waals surface area contributed by atoms with E-state index in [1.165, 1.54) is 38.3 Å². The Bertz CT molecular complexity index is 1020. The number of methoxy groups -OCH3 is 1. The van der Waals surface area contributed by atoms with Gasteiger partial charge in [0.2, 0.25) is 11.8 Å². The molecule has 0 atom stereocenters. The number of hydrogen-bond donors (Lipinski definition) is 2. The van der Waals surface area contributed by atoms with Gasteiger partial charge in [0, 0.05) is 19.0 Å². The Balaban J connectivity index is 1.89. The van der Waals surface area contributed by atoms with Crippen molar-refractivity contribution in [1.29, 1.82) is 0 Å². The van der Waals surface area contributed by atoms with Crippen LogP contribution in [0.1, 0.15) is 18.9 Å². The van der Waals surface area contributed by atoms with E-state index in [2.05, 4.69) is 10.6 Å². The Labute approximate surface area is 156 Å². The van der Waals surface area contributed by atoms with Crippen LogP contribution < -0.4 is 19.6 Å². The van der Waals surface area contributed by atoms with E-state index in [1.807, 2.05) is 0 Å². The number of carbonyl (C=O) groups excluding carboxylic acids is 2. The SMILES string of the molecule is COc1ccc(S(=O)(=O)Oc2ccc3c(c2)CCC(=O)N3)cc1NC(C)=O. The predicted octanol–water partition coefficient (Wildman–Crippen LogP) is 2.31. The van der Waals surface area contributed by atoms with E-state index in [0.29, 0.717) is 24.3 Å². The van der Waals surface area contributed by atoms with Crippen molar-refractivity contribution in [3.63, 3.8) is 0 Å². The van der Waals surface area contributed by atoms with Crippen molar-refractivity contribution in [1.82, 2.24) is 0 Å². The van der Waals surface area contributed by atoms with Crippen molar-refractivity contribution in [3.05, 3.63) is 42.0 Å². The second kappa shape index (κ2) is 7.28. The molecule has 2 aromatic carbocycles. The van der Waals surface area contributed by atoms with E-state index < -0.39 is 10.1 Å². The smallest absolute Gasteiger partial charge is 0.339 e. The normalized spacial score (nSPS) is 13.3. The summed E-state index contributed by atoms with van der Waals surface area (Å²) in [5.74, 6) is 0.0310. The number of fused-ring (bicyclic) bond motifs is 1. The molecule has 0 fully saturated rings. The number of ether oxygens (including phenoxy) is 1. The van der Waals surface area contributed by atoms with Crippen LogP contribution in [0.15, 0.2) is 41.3 Å². The molecule has 0 aliphatic carbocycles. The molecule has 1 heterocycles. The van der Waals surface area contributed by atoms with Gasteiger partial charge in [0.05, 0.1) is 12.8 Å². The molecule has 0 spiro atoms. The van der Waals surface area contributed by atoms with E-state index in [4.69, 9.17) is 8.92 Å². The Morgan fingerprint density at radius 3 is 2.63 bits per heavy atom. The first-order valence-corrected chi connectivity index (χ1v) is 9.52. The van der Waals surface area contributed by atoms with Crippen molar-refractivity contribution >= 4 is 33.3 Å². The summed E-state index contributed by atoms with van der Waals surface area (Å²) < 4.78 is 35.6. The molecule has 0 bridgehead atoms. The van der Waals surface area contributed by atoms with Crippen LogP contribution in [0, 0.1) is 0 Å². The van der Waals surface area contributed by atoms with Crippen molar-refractivity contribution in [2.24, 2.45) is 0 Å².